The van der Waals surface area contributed by atoms with E-state index < -0.39 is 22.7 Å². The van der Waals surface area contributed by atoms with Crippen LogP contribution in [0.2, 0.25) is 5.02 Å². The average Bonchev–Trinajstić information content (AvgIpc) is 3.16. The minimum Gasteiger partial charge on any atom is -0.492 e. The van der Waals surface area contributed by atoms with Crippen LogP contribution in [-0.2, 0) is 20.5 Å². The van der Waals surface area contributed by atoms with Gasteiger partial charge in [0.05, 0.1) is 28.7 Å². The lowest BCUT2D eigenvalue weighted by molar-refractivity contribution is -0.138. The van der Waals surface area contributed by atoms with Crippen molar-refractivity contribution in [1.82, 2.24) is 9.80 Å². The van der Waals surface area contributed by atoms with E-state index in [-0.39, 0.29) is 25.3 Å². The molecule has 1 N–H and O–H groups in total. The van der Waals surface area contributed by atoms with Crippen LogP contribution in [0.3, 0.4) is 0 Å². The van der Waals surface area contributed by atoms with Gasteiger partial charge in [0.2, 0.25) is 0 Å². The number of aliphatic carboxylic acids is 1. The molecule has 40 heavy (non-hydrogen) atoms. The lowest BCUT2D eigenvalue weighted by Gasteiger charge is -2.26. The van der Waals surface area contributed by atoms with Crippen molar-refractivity contribution in [2.75, 3.05) is 46.0 Å². The zero-order valence-corrected chi connectivity index (χ0v) is 23.6. The molecule has 2 aromatic carbocycles. The SMILES string of the molecule is O=C(O)CCCN1C(=O)/C(=C/c2cc(-c3ccc(C(F)(F)F)c(Cl)c3)ccc2OCCN2CCOCC2)SC1=S. The molecule has 2 saturated heterocycles. The number of morpholine rings is 1. The Morgan fingerprint density at radius 2 is 1.85 bits per heavy atom. The van der Waals surface area contributed by atoms with E-state index in [9.17, 15) is 22.8 Å². The van der Waals surface area contributed by atoms with Gasteiger partial charge in [0.1, 0.15) is 16.7 Å². The molecule has 2 fully saturated rings. The topological polar surface area (TPSA) is 79.3 Å². The van der Waals surface area contributed by atoms with Crippen LogP contribution in [0, 0.1) is 0 Å². The molecule has 1 amide bonds. The van der Waals surface area contributed by atoms with Crippen LogP contribution >= 0.6 is 35.6 Å². The summed E-state index contributed by atoms with van der Waals surface area (Å²) in [7, 11) is 0. The standard InChI is InChI=1S/C27H26ClF3N2O5S2/c28-21-15-18(3-5-20(21)27(29,30)31)17-4-6-22(38-13-10-32-8-11-37-12-9-32)19(14-17)16-23-25(36)33(26(39)40-23)7-1-2-24(34)35/h3-6,14-16H,1-2,7-13H2,(H,34,35)/b23-16-. The monoisotopic (exact) mass is 614 g/mol. The van der Waals surface area contributed by atoms with E-state index in [0.717, 1.165) is 30.9 Å². The van der Waals surface area contributed by atoms with E-state index in [1.165, 1.54) is 17.0 Å². The van der Waals surface area contributed by atoms with Crippen molar-refractivity contribution >= 4 is 57.9 Å². The molecule has 0 bridgehead atoms. The van der Waals surface area contributed by atoms with Crippen molar-refractivity contribution in [2.45, 2.75) is 19.0 Å². The summed E-state index contributed by atoms with van der Waals surface area (Å²) in [5.41, 5.74) is 0.669. The predicted octanol–water partition coefficient (Wildman–Crippen LogP) is 5.80. The summed E-state index contributed by atoms with van der Waals surface area (Å²) in [5, 5.41) is 8.49. The van der Waals surface area contributed by atoms with Crippen molar-refractivity contribution < 1.29 is 37.3 Å². The Labute approximate surface area is 243 Å². The van der Waals surface area contributed by atoms with Gasteiger partial charge in [-0.1, -0.05) is 47.7 Å². The zero-order chi connectivity index (χ0) is 28.9. The van der Waals surface area contributed by atoms with E-state index in [1.807, 2.05) is 0 Å². The molecule has 4 rings (SSSR count). The Kier molecular flexibility index (Phi) is 10.1. The lowest BCUT2D eigenvalue weighted by Crippen LogP contribution is -2.38. The molecule has 0 saturated carbocycles. The van der Waals surface area contributed by atoms with Gasteiger partial charge in [-0.3, -0.25) is 19.4 Å². The van der Waals surface area contributed by atoms with Gasteiger partial charge in [0.25, 0.3) is 5.91 Å². The number of hydrogen-bond acceptors (Lipinski definition) is 7. The van der Waals surface area contributed by atoms with Crippen molar-refractivity contribution in [1.29, 1.82) is 0 Å². The largest absolute Gasteiger partial charge is 0.492 e. The summed E-state index contributed by atoms with van der Waals surface area (Å²) in [6.45, 7) is 4.14. The van der Waals surface area contributed by atoms with Gasteiger partial charge in [-0.25, -0.2) is 0 Å². The summed E-state index contributed by atoms with van der Waals surface area (Å²) in [4.78, 5) is 27.9. The number of carbonyl (C=O) groups is 2. The number of hydrogen-bond donors (Lipinski definition) is 1. The van der Waals surface area contributed by atoms with Crippen LogP contribution in [0.1, 0.15) is 24.0 Å². The highest BCUT2D eigenvalue weighted by atomic mass is 35.5. The normalized spacial score (nSPS) is 17.6. The number of rotatable bonds is 10. The molecule has 0 aromatic heterocycles. The fourth-order valence-corrected chi connectivity index (χ4v) is 5.82. The predicted molar refractivity (Wildman–Crippen MR) is 151 cm³/mol. The molecule has 7 nitrogen and oxygen atoms in total. The minimum atomic E-state index is -4.57. The van der Waals surface area contributed by atoms with Crippen LogP contribution in [0.25, 0.3) is 17.2 Å². The average molecular weight is 615 g/mol. The Balaban J connectivity index is 1.61. The third-order valence-corrected chi connectivity index (χ3v) is 8.01. The highest BCUT2D eigenvalue weighted by molar-refractivity contribution is 8.26. The van der Waals surface area contributed by atoms with Crippen LogP contribution in [0.4, 0.5) is 13.2 Å². The van der Waals surface area contributed by atoms with Gasteiger partial charge in [0.15, 0.2) is 0 Å². The van der Waals surface area contributed by atoms with E-state index in [1.54, 1.807) is 24.3 Å². The maximum absolute atomic E-state index is 13.2. The Morgan fingerprint density at radius 1 is 1.15 bits per heavy atom. The highest BCUT2D eigenvalue weighted by Crippen LogP contribution is 2.39. The van der Waals surface area contributed by atoms with Gasteiger partial charge >= 0.3 is 12.1 Å². The van der Waals surface area contributed by atoms with Crippen molar-refractivity contribution in [2.24, 2.45) is 0 Å². The number of ether oxygens (including phenoxy) is 2. The number of carboxylic acids is 1. The smallest absolute Gasteiger partial charge is 0.417 e. The third-order valence-electron chi connectivity index (χ3n) is 6.32. The molecular weight excluding hydrogens is 589 g/mol. The van der Waals surface area contributed by atoms with Crippen LogP contribution in [-0.4, -0.2) is 77.1 Å². The van der Waals surface area contributed by atoms with E-state index in [4.69, 9.17) is 38.4 Å². The molecule has 2 aliphatic heterocycles. The molecule has 0 aliphatic carbocycles. The summed E-state index contributed by atoms with van der Waals surface area (Å²) in [5.74, 6) is -0.811. The number of amides is 1. The summed E-state index contributed by atoms with van der Waals surface area (Å²) in [6.07, 6.45) is -2.77. The Morgan fingerprint density at radius 3 is 2.52 bits per heavy atom. The number of benzene rings is 2. The molecule has 0 unspecified atom stereocenters. The van der Waals surface area contributed by atoms with E-state index in [2.05, 4.69) is 4.90 Å². The molecule has 0 atom stereocenters. The summed E-state index contributed by atoms with van der Waals surface area (Å²) in [6, 6.07) is 8.68. The second-order valence-electron chi connectivity index (χ2n) is 9.08. The fourth-order valence-electron chi connectivity index (χ4n) is 4.23. The molecule has 0 radical (unpaired) electrons. The second-order valence-corrected chi connectivity index (χ2v) is 11.2. The van der Waals surface area contributed by atoms with Crippen LogP contribution in [0.5, 0.6) is 5.75 Å². The molecule has 214 valence electrons. The van der Waals surface area contributed by atoms with E-state index in [0.29, 0.717) is 58.0 Å². The van der Waals surface area contributed by atoms with E-state index >= 15 is 0 Å². The number of alkyl halides is 3. The Bertz CT molecular complexity index is 1320. The Hall–Kier alpha value is -2.64. The fraction of sp³-hybridized carbons (Fsp3) is 0.370. The molecule has 2 aliphatic rings. The van der Waals surface area contributed by atoms with Crippen LogP contribution < -0.4 is 4.74 Å². The maximum atomic E-state index is 13.2. The highest BCUT2D eigenvalue weighted by Gasteiger charge is 2.34. The zero-order valence-electron chi connectivity index (χ0n) is 21.2. The molecule has 2 aromatic rings. The van der Waals surface area contributed by atoms with Crippen molar-refractivity contribution in [3.63, 3.8) is 0 Å². The molecule has 13 heteroatoms. The molecule has 2 heterocycles. The first-order chi connectivity index (χ1) is 19.0. The quantitative estimate of drug-likeness (QED) is 0.266. The maximum Gasteiger partial charge on any atom is 0.417 e. The van der Waals surface area contributed by atoms with Gasteiger partial charge in [-0.2, -0.15) is 13.2 Å². The number of carboxylic acid groups (broad SMARTS) is 1. The second kappa shape index (κ2) is 13.3. The number of thiocarbonyl (C=S) groups is 1. The first-order valence-electron chi connectivity index (χ1n) is 12.4. The summed E-state index contributed by atoms with van der Waals surface area (Å²) < 4.78 is 51.4. The summed E-state index contributed by atoms with van der Waals surface area (Å²) >= 11 is 12.4. The van der Waals surface area contributed by atoms with Gasteiger partial charge in [-0.15, -0.1) is 0 Å². The molecular formula is C27H26ClF3N2O5S2. The number of carbonyl (C=O) groups excluding carboxylic acids is 1. The first-order valence-corrected chi connectivity index (χ1v) is 14.0. The number of thioether (sulfide) groups is 1. The lowest BCUT2D eigenvalue weighted by atomic mass is 10.0. The van der Waals surface area contributed by atoms with Crippen molar-refractivity contribution in [3.8, 4) is 16.9 Å². The number of nitrogens with zero attached hydrogens (tertiary/aromatic N) is 2. The van der Waals surface area contributed by atoms with Crippen LogP contribution in [0.15, 0.2) is 41.3 Å². The van der Waals surface area contributed by atoms with Crippen molar-refractivity contribution in [3.05, 3.63) is 57.5 Å². The molecule has 0 spiro atoms. The van der Waals surface area contributed by atoms with Gasteiger partial charge in [-0.05, 0) is 47.9 Å². The third kappa shape index (κ3) is 7.76. The minimum absolute atomic E-state index is 0.0883. The van der Waals surface area contributed by atoms with Gasteiger partial charge < -0.3 is 14.6 Å². The number of halogens is 4. The first kappa shape index (κ1) is 30.3. The van der Waals surface area contributed by atoms with Gasteiger partial charge in [0, 0.05) is 38.2 Å².